The van der Waals surface area contributed by atoms with Crippen molar-refractivity contribution < 1.29 is 23.7 Å². The van der Waals surface area contributed by atoms with Gasteiger partial charge in [0.2, 0.25) is 5.91 Å². The molecule has 2 atom stereocenters. The van der Waals surface area contributed by atoms with E-state index in [-0.39, 0.29) is 30.3 Å². The van der Waals surface area contributed by atoms with Gasteiger partial charge in [0.15, 0.2) is 23.0 Å². The molecule has 1 N–H and O–H groups in total. The normalized spacial score (nSPS) is 15.5. The quantitative estimate of drug-likeness (QED) is 0.536. The second-order valence-electron chi connectivity index (χ2n) is 8.05. The third-order valence-electron chi connectivity index (χ3n) is 6.27. The van der Waals surface area contributed by atoms with Gasteiger partial charge >= 0.3 is 0 Å². The van der Waals surface area contributed by atoms with Gasteiger partial charge in [0.25, 0.3) is 0 Å². The van der Waals surface area contributed by atoms with Gasteiger partial charge in [-0.2, -0.15) is 0 Å². The molecule has 2 aromatic rings. The number of hydrogen-bond donors (Lipinski definition) is 1. The zero-order valence-electron chi connectivity index (χ0n) is 20.7. The van der Waals surface area contributed by atoms with Crippen LogP contribution in [0.4, 0.5) is 0 Å². The molecule has 2 aromatic carbocycles. The fourth-order valence-corrected chi connectivity index (χ4v) is 4.46. The van der Waals surface area contributed by atoms with Crippen LogP contribution in [0.15, 0.2) is 36.5 Å². The number of methoxy groups -OCH3 is 4. The van der Waals surface area contributed by atoms with Crippen LogP contribution in [0.3, 0.4) is 0 Å². The van der Waals surface area contributed by atoms with Crippen LogP contribution in [0.25, 0.3) is 6.08 Å². The molecule has 1 aliphatic rings. The molecule has 8 heteroatoms. The highest BCUT2D eigenvalue weighted by Crippen LogP contribution is 2.38. The number of likely N-dealkylation sites (N-methyl/N-ethyl adjacent to an activating group) is 1. The van der Waals surface area contributed by atoms with Crippen molar-refractivity contribution in [2.24, 2.45) is 0 Å². The zero-order chi connectivity index (χ0) is 24.0. The second-order valence-corrected chi connectivity index (χ2v) is 8.05. The van der Waals surface area contributed by atoms with Gasteiger partial charge in [-0.1, -0.05) is 13.0 Å². The molecule has 0 spiro atoms. The number of fused-ring (bicyclic) bond motifs is 1. The summed E-state index contributed by atoms with van der Waals surface area (Å²) in [6.07, 6.45) is 5.24. The van der Waals surface area contributed by atoms with Gasteiger partial charge in [-0.25, -0.2) is 0 Å². The molecule has 0 saturated heterocycles. The Labute approximate surface area is 208 Å². The monoisotopic (exact) mass is 490 g/mol. The molecule has 0 aromatic heterocycles. The Hall–Kier alpha value is -2.90. The van der Waals surface area contributed by atoms with Crippen LogP contribution in [-0.4, -0.2) is 58.9 Å². The maximum absolute atomic E-state index is 13.2. The Morgan fingerprint density at radius 1 is 0.941 bits per heavy atom. The van der Waals surface area contributed by atoms with E-state index in [4.69, 9.17) is 18.9 Å². The maximum atomic E-state index is 13.2. The number of benzene rings is 2. The van der Waals surface area contributed by atoms with Gasteiger partial charge in [-0.3, -0.25) is 4.79 Å². The van der Waals surface area contributed by atoms with Gasteiger partial charge in [0, 0.05) is 18.8 Å². The zero-order valence-corrected chi connectivity index (χ0v) is 21.5. The van der Waals surface area contributed by atoms with Crippen molar-refractivity contribution in [1.82, 2.24) is 10.2 Å². The first-order valence-electron chi connectivity index (χ1n) is 11.1. The predicted octanol–water partition coefficient (Wildman–Crippen LogP) is 4.28. The average Bonchev–Trinajstić information content (AvgIpc) is 3.00. The standard InChI is InChI=1S/C26H34N2O5.ClH/c1-7-20(28(2)13-11-17-8-9-21(30-3)22(14-17)31-4)25-19-16-24(33-6)23(32-5)15-18(19)10-12-27-26(25)29;/h8-10,12,14-16,20,25H,7,11,13H2,1-6H3,(H,27,29);1H. The van der Waals surface area contributed by atoms with Gasteiger partial charge in [-0.05, 0) is 66.9 Å². The van der Waals surface area contributed by atoms with Gasteiger partial charge in [0.1, 0.15) is 0 Å². The van der Waals surface area contributed by atoms with Crippen LogP contribution in [0, 0.1) is 0 Å². The third kappa shape index (κ3) is 5.77. The summed E-state index contributed by atoms with van der Waals surface area (Å²) in [5.74, 6) is 2.31. The number of nitrogens with one attached hydrogen (secondary N) is 1. The molecule has 34 heavy (non-hydrogen) atoms. The molecule has 7 nitrogen and oxygen atoms in total. The van der Waals surface area contributed by atoms with Crippen molar-refractivity contribution in [3.63, 3.8) is 0 Å². The van der Waals surface area contributed by atoms with Gasteiger partial charge in [0.05, 0.1) is 34.4 Å². The first-order chi connectivity index (χ1) is 16.0. The smallest absolute Gasteiger partial charge is 0.233 e. The minimum Gasteiger partial charge on any atom is -0.493 e. The Morgan fingerprint density at radius 3 is 2.18 bits per heavy atom. The molecule has 186 valence electrons. The third-order valence-corrected chi connectivity index (χ3v) is 6.27. The van der Waals surface area contributed by atoms with Crippen LogP contribution in [0.2, 0.25) is 0 Å². The number of nitrogens with zero attached hydrogens (tertiary/aromatic N) is 1. The van der Waals surface area contributed by atoms with Crippen LogP contribution in [0.1, 0.15) is 36.0 Å². The molecule has 0 saturated carbocycles. The molecule has 0 radical (unpaired) electrons. The van der Waals surface area contributed by atoms with E-state index < -0.39 is 0 Å². The van der Waals surface area contributed by atoms with Crippen LogP contribution in [-0.2, 0) is 11.2 Å². The average molecular weight is 491 g/mol. The SMILES string of the molecule is CCC(C1C(=O)NC=Cc2cc(OC)c(OC)cc21)N(C)CCc1ccc(OC)c(OC)c1.Cl. The molecule has 0 fully saturated rings. The second kappa shape index (κ2) is 12.5. The van der Waals surface area contributed by atoms with Crippen molar-refractivity contribution in [3.05, 3.63) is 53.2 Å². The molecule has 1 amide bonds. The van der Waals surface area contributed by atoms with E-state index in [0.717, 1.165) is 36.1 Å². The number of carbonyl (C=O) groups is 1. The van der Waals surface area contributed by atoms with E-state index in [2.05, 4.69) is 24.2 Å². The van der Waals surface area contributed by atoms with Crippen molar-refractivity contribution in [3.8, 4) is 23.0 Å². The lowest BCUT2D eigenvalue weighted by Crippen LogP contribution is -2.43. The van der Waals surface area contributed by atoms with Crippen LogP contribution < -0.4 is 24.3 Å². The number of ether oxygens (including phenoxy) is 4. The number of rotatable bonds is 10. The van der Waals surface area contributed by atoms with E-state index in [1.807, 2.05) is 36.4 Å². The molecule has 3 rings (SSSR count). The number of amides is 1. The molecule has 0 aliphatic carbocycles. The topological polar surface area (TPSA) is 69.3 Å². The van der Waals surface area contributed by atoms with E-state index in [9.17, 15) is 4.79 Å². The minimum atomic E-state index is -0.352. The van der Waals surface area contributed by atoms with E-state index in [1.54, 1.807) is 34.6 Å². The molecule has 0 bridgehead atoms. The minimum absolute atomic E-state index is 0. The fraction of sp³-hybridized carbons (Fsp3) is 0.423. The fourth-order valence-electron chi connectivity index (χ4n) is 4.46. The van der Waals surface area contributed by atoms with Crippen LogP contribution in [0.5, 0.6) is 23.0 Å². The summed E-state index contributed by atoms with van der Waals surface area (Å²) < 4.78 is 21.8. The molecular formula is C26H35ClN2O5. The van der Waals surface area contributed by atoms with Crippen molar-refractivity contribution in [2.75, 3.05) is 42.0 Å². The summed E-state index contributed by atoms with van der Waals surface area (Å²) in [5, 5.41) is 2.93. The first kappa shape index (κ1) is 27.3. The number of halogens is 1. The lowest BCUT2D eigenvalue weighted by molar-refractivity contribution is -0.123. The maximum Gasteiger partial charge on any atom is 0.233 e. The summed E-state index contributed by atoms with van der Waals surface area (Å²) >= 11 is 0. The van der Waals surface area contributed by atoms with Gasteiger partial charge < -0.3 is 29.2 Å². The van der Waals surface area contributed by atoms with Crippen LogP contribution >= 0.6 is 12.4 Å². The Kier molecular flexibility index (Phi) is 10.1. The lowest BCUT2D eigenvalue weighted by Gasteiger charge is -2.34. The number of carbonyl (C=O) groups excluding carboxylic acids is 1. The molecule has 2 unspecified atom stereocenters. The summed E-state index contributed by atoms with van der Waals surface area (Å²) in [6, 6.07) is 9.83. The highest BCUT2D eigenvalue weighted by atomic mass is 35.5. The summed E-state index contributed by atoms with van der Waals surface area (Å²) in [5.41, 5.74) is 3.03. The van der Waals surface area contributed by atoms with E-state index in [0.29, 0.717) is 23.0 Å². The Balaban J connectivity index is 0.00000408. The van der Waals surface area contributed by atoms with Crippen molar-refractivity contribution in [1.29, 1.82) is 0 Å². The lowest BCUT2D eigenvalue weighted by atomic mass is 9.85. The Morgan fingerprint density at radius 2 is 1.56 bits per heavy atom. The van der Waals surface area contributed by atoms with E-state index in [1.165, 1.54) is 0 Å². The van der Waals surface area contributed by atoms with E-state index >= 15 is 0 Å². The molecular weight excluding hydrogens is 456 g/mol. The molecule has 1 heterocycles. The van der Waals surface area contributed by atoms with Gasteiger partial charge in [-0.15, -0.1) is 12.4 Å². The summed E-state index contributed by atoms with van der Waals surface area (Å²) in [7, 11) is 8.56. The summed E-state index contributed by atoms with van der Waals surface area (Å²) in [4.78, 5) is 15.4. The highest BCUT2D eigenvalue weighted by molar-refractivity contribution is 5.89. The van der Waals surface area contributed by atoms with Crippen molar-refractivity contribution >= 4 is 24.4 Å². The highest BCUT2D eigenvalue weighted by Gasteiger charge is 2.34. The predicted molar refractivity (Wildman–Crippen MR) is 137 cm³/mol. The molecule has 1 aliphatic heterocycles. The number of hydrogen-bond acceptors (Lipinski definition) is 6. The largest absolute Gasteiger partial charge is 0.493 e. The Bertz CT molecular complexity index is 1010. The van der Waals surface area contributed by atoms with Crippen molar-refractivity contribution in [2.45, 2.75) is 31.7 Å². The summed E-state index contributed by atoms with van der Waals surface area (Å²) in [6.45, 7) is 2.90. The first-order valence-corrected chi connectivity index (χ1v) is 11.1.